The van der Waals surface area contributed by atoms with Crippen LogP contribution in [-0.2, 0) is 14.6 Å². The van der Waals surface area contributed by atoms with Gasteiger partial charge in [0.2, 0.25) is 0 Å². The third-order valence-electron chi connectivity index (χ3n) is 2.66. The molecule has 0 bridgehead atoms. The predicted octanol–water partition coefficient (Wildman–Crippen LogP) is 0.254. The highest BCUT2D eigenvalue weighted by Crippen LogP contribution is 2.16. The van der Waals surface area contributed by atoms with Crippen LogP contribution in [0.5, 0.6) is 0 Å². The minimum atomic E-state index is -2.93. The molecule has 2 rings (SSSR count). The van der Waals surface area contributed by atoms with Crippen LogP contribution in [-0.4, -0.2) is 49.4 Å². The summed E-state index contributed by atoms with van der Waals surface area (Å²) in [5.41, 5.74) is 0. The molecule has 104 valence electrons. The molecule has 1 atom stereocenters. The van der Waals surface area contributed by atoms with E-state index in [1.165, 1.54) is 7.11 Å². The summed E-state index contributed by atoms with van der Waals surface area (Å²) in [4.78, 5) is 10.9. The molecule has 19 heavy (non-hydrogen) atoms. The van der Waals surface area contributed by atoms with E-state index in [0.29, 0.717) is 12.2 Å². The van der Waals surface area contributed by atoms with Gasteiger partial charge in [-0.15, -0.1) is 10.2 Å². The Balaban J connectivity index is 1.94. The van der Waals surface area contributed by atoms with Crippen molar-refractivity contribution in [3.8, 4) is 0 Å². The first-order valence-electron chi connectivity index (χ1n) is 5.64. The molecule has 1 unspecified atom stereocenters. The fourth-order valence-corrected chi connectivity index (χ4v) is 3.42. The second-order valence-electron chi connectivity index (χ2n) is 4.16. The van der Waals surface area contributed by atoms with Crippen molar-refractivity contribution >= 4 is 27.6 Å². The monoisotopic (exact) mass is 286 g/mol. The lowest BCUT2D eigenvalue weighted by atomic mass is 10.2. The lowest BCUT2D eigenvalue weighted by Gasteiger charge is -2.10. The van der Waals surface area contributed by atoms with Crippen LogP contribution in [0.3, 0.4) is 0 Å². The Labute approximate surface area is 110 Å². The molecule has 0 radical (unpaired) electrons. The van der Waals surface area contributed by atoms with Gasteiger partial charge in [0.05, 0.1) is 18.6 Å². The van der Waals surface area contributed by atoms with E-state index < -0.39 is 15.9 Å². The number of aromatic nitrogens is 2. The number of anilines is 2. The first-order chi connectivity index (χ1) is 8.98. The molecule has 0 aliphatic carbocycles. The number of nitrogens with zero attached hydrogens (tertiary/aromatic N) is 2. The molecule has 1 aromatic heterocycles. The van der Waals surface area contributed by atoms with Gasteiger partial charge in [-0.1, -0.05) is 0 Å². The molecular formula is C10H14N4O4S. The van der Waals surface area contributed by atoms with Gasteiger partial charge in [-0.3, -0.25) is 5.32 Å². The Morgan fingerprint density at radius 2 is 2.05 bits per heavy atom. The van der Waals surface area contributed by atoms with Gasteiger partial charge in [0.25, 0.3) is 0 Å². The third-order valence-corrected chi connectivity index (χ3v) is 4.43. The van der Waals surface area contributed by atoms with Crippen molar-refractivity contribution in [3.05, 3.63) is 12.1 Å². The van der Waals surface area contributed by atoms with Crippen molar-refractivity contribution < 1.29 is 17.9 Å². The maximum atomic E-state index is 11.3. The maximum absolute atomic E-state index is 11.3. The zero-order valence-corrected chi connectivity index (χ0v) is 11.1. The first kappa shape index (κ1) is 13.5. The van der Waals surface area contributed by atoms with Gasteiger partial charge >= 0.3 is 6.09 Å². The molecule has 0 spiro atoms. The number of methoxy groups -OCH3 is 1. The van der Waals surface area contributed by atoms with Crippen LogP contribution < -0.4 is 10.6 Å². The van der Waals surface area contributed by atoms with Crippen LogP contribution in [0.1, 0.15) is 6.42 Å². The van der Waals surface area contributed by atoms with Crippen molar-refractivity contribution in [1.29, 1.82) is 0 Å². The van der Waals surface area contributed by atoms with Crippen LogP contribution >= 0.6 is 0 Å². The maximum Gasteiger partial charge on any atom is 0.412 e. The minimum absolute atomic E-state index is 0.108. The summed E-state index contributed by atoms with van der Waals surface area (Å²) in [7, 11) is -1.68. The van der Waals surface area contributed by atoms with Gasteiger partial charge in [0.15, 0.2) is 15.7 Å². The Hall–Kier alpha value is -1.90. The number of hydrogen-bond acceptors (Lipinski definition) is 7. The van der Waals surface area contributed by atoms with Crippen LogP contribution in [0.2, 0.25) is 0 Å². The molecule has 2 heterocycles. The van der Waals surface area contributed by atoms with Crippen molar-refractivity contribution in [1.82, 2.24) is 10.2 Å². The van der Waals surface area contributed by atoms with Crippen molar-refractivity contribution in [2.24, 2.45) is 0 Å². The zero-order chi connectivity index (χ0) is 13.9. The average Bonchev–Trinajstić information content (AvgIpc) is 2.71. The number of hydrogen-bond donors (Lipinski definition) is 2. The Morgan fingerprint density at radius 3 is 2.58 bits per heavy atom. The number of rotatable bonds is 3. The minimum Gasteiger partial charge on any atom is -0.453 e. The summed E-state index contributed by atoms with van der Waals surface area (Å²) in [6, 6.07) is 3.03. The topological polar surface area (TPSA) is 110 Å². The van der Waals surface area contributed by atoms with Crippen molar-refractivity contribution in [3.63, 3.8) is 0 Å². The molecule has 9 heteroatoms. The van der Waals surface area contributed by atoms with Gasteiger partial charge in [-0.25, -0.2) is 13.2 Å². The van der Waals surface area contributed by atoms with E-state index in [2.05, 4.69) is 25.6 Å². The highest BCUT2D eigenvalue weighted by Gasteiger charge is 2.27. The molecular weight excluding hydrogens is 272 g/mol. The van der Waals surface area contributed by atoms with E-state index in [1.807, 2.05) is 0 Å². The normalized spacial score (nSPS) is 20.8. The van der Waals surface area contributed by atoms with Crippen LogP contribution in [0.15, 0.2) is 12.1 Å². The summed E-state index contributed by atoms with van der Waals surface area (Å²) in [5.74, 6) is 1.03. The first-order valence-corrected chi connectivity index (χ1v) is 7.46. The van der Waals surface area contributed by atoms with E-state index in [4.69, 9.17) is 0 Å². The molecule has 8 nitrogen and oxygen atoms in total. The number of nitrogens with one attached hydrogen (secondary N) is 2. The summed E-state index contributed by atoms with van der Waals surface area (Å²) >= 11 is 0. The SMILES string of the molecule is COC(=O)Nc1ccc(NC2CCS(=O)(=O)C2)nn1. The van der Waals surface area contributed by atoms with Gasteiger partial charge in [-0.2, -0.15) is 0 Å². The van der Waals surface area contributed by atoms with Crippen LogP contribution in [0, 0.1) is 0 Å². The Bertz CT molecular complexity index is 557. The fraction of sp³-hybridized carbons (Fsp3) is 0.500. The van der Waals surface area contributed by atoms with Crippen molar-refractivity contribution in [2.75, 3.05) is 29.2 Å². The molecule has 1 aliphatic heterocycles. The number of carbonyl (C=O) groups excluding carboxylic acids is 1. The fourth-order valence-electron chi connectivity index (χ4n) is 1.75. The number of carbonyl (C=O) groups is 1. The second-order valence-corrected chi connectivity index (χ2v) is 6.39. The highest BCUT2D eigenvalue weighted by atomic mass is 32.2. The standard InChI is InChI=1S/C10H14N4O4S/c1-18-10(15)12-9-3-2-8(13-14-9)11-7-4-5-19(16,17)6-7/h2-3,7H,4-6H2,1H3,(H,11,13)(H,12,14,15). The highest BCUT2D eigenvalue weighted by molar-refractivity contribution is 7.91. The number of ether oxygens (including phenoxy) is 1. The lowest BCUT2D eigenvalue weighted by Crippen LogP contribution is -2.21. The van der Waals surface area contributed by atoms with Crippen LogP contribution in [0.25, 0.3) is 0 Å². The third kappa shape index (κ3) is 3.78. The van der Waals surface area contributed by atoms with Gasteiger partial charge < -0.3 is 10.1 Å². The Morgan fingerprint density at radius 1 is 1.37 bits per heavy atom. The largest absolute Gasteiger partial charge is 0.453 e. The van der Waals surface area contributed by atoms with E-state index in [1.54, 1.807) is 12.1 Å². The van der Waals surface area contributed by atoms with Crippen LogP contribution in [0.4, 0.5) is 16.4 Å². The predicted molar refractivity (Wildman–Crippen MR) is 68.7 cm³/mol. The van der Waals surface area contributed by atoms with E-state index >= 15 is 0 Å². The summed E-state index contributed by atoms with van der Waals surface area (Å²) in [6.07, 6.45) is -0.0662. The molecule has 0 saturated carbocycles. The smallest absolute Gasteiger partial charge is 0.412 e. The molecule has 2 N–H and O–H groups in total. The Kier molecular flexibility index (Phi) is 3.84. The van der Waals surface area contributed by atoms with Gasteiger partial charge in [0.1, 0.15) is 5.82 Å². The second kappa shape index (κ2) is 5.39. The van der Waals surface area contributed by atoms with E-state index in [9.17, 15) is 13.2 Å². The molecule has 1 saturated heterocycles. The summed E-state index contributed by atoms with van der Waals surface area (Å²) in [6.45, 7) is 0. The number of amides is 1. The van der Waals surface area contributed by atoms with Gasteiger partial charge in [0, 0.05) is 6.04 Å². The molecule has 1 aliphatic rings. The van der Waals surface area contributed by atoms with E-state index in [0.717, 1.165) is 0 Å². The molecule has 1 fully saturated rings. The van der Waals surface area contributed by atoms with Crippen molar-refractivity contribution in [2.45, 2.75) is 12.5 Å². The average molecular weight is 286 g/mol. The summed E-state index contributed by atoms with van der Waals surface area (Å²) < 4.78 is 27.0. The molecule has 1 amide bonds. The molecule has 1 aromatic rings. The summed E-state index contributed by atoms with van der Waals surface area (Å²) in [5, 5.41) is 13.0. The van der Waals surface area contributed by atoms with Gasteiger partial charge in [-0.05, 0) is 18.6 Å². The molecule has 0 aromatic carbocycles. The zero-order valence-electron chi connectivity index (χ0n) is 10.3. The number of sulfone groups is 1. The quantitative estimate of drug-likeness (QED) is 0.819. The van der Waals surface area contributed by atoms with E-state index in [-0.39, 0.29) is 23.4 Å². The lowest BCUT2D eigenvalue weighted by molar-refractivity contribution is 0.187.